The minimum Gasteiger partial charge on any atom is -0.474 e. The van der Waals surface area contributed by atoms with Crippen LogP contribution >= 0.6 is 24.8 Å². The molecule has 0 aromatic carbocycles. The van der Waals surface area contributed by atoms with Gasteiger partial charge in [-0.3, -0.25) is 4.79 Å². The number of carboxylic acids is 1. The zero-order valence-corrected chi connectivity index (χ0v) is 6.48. The van der Waals surface area contributed by atoms with Gasteiger partial charge in [0.2, 0.25) is 0 Å². The molecule has 5 nitrogen and oxygen atoms in total. The molecule has 0 radical (unpaired) electrons. The second-order valence-corrected chi connectivity index (χ2v) is 2.23. The zero-order chi connectivity index (χ0) is 8.73. The average molecular weight is 182 g/mol. The third-order valence-corrected chi connectivity index (χ3v) is 0.211. The van der Waals surface area contributed by atoms with Gasteiger partial charge in [-0.15, -0.1) is 12.6 Å². The van der Waals surface area contributed by atoms with E-state index in [4.69, 9.17) is 10.8 Å². The summed E-state index contributed by atoms with van der Waals surface area (Å²) in [5, 5.41) is 7.52. The molecule has 7 heteroatoms. The zero-order valence-electron chi connectivity index (χ0n) is 4.77. The highest BCUT2D eigenvalue weighted by atomic mass is 32.1. The number of thiol groups is 1. The van der Waals surface area contributed by atoms with Crippen molar-refractivity contribution in [3.05, 3.63) is 0 Å². The van der Waals surface area contributed by atoms with Crippen LogP contribution in [0.5, 0.6) is 0 Å². The Kier molecular flexibility index (Phi) is 7.51. The average Bonchev–Trinajstić information content (AvgIpc) is 1.63. The van der Waals surface area contributed by atoms with Crippen molar-refractivity contribution >= 4 is 41.0 Å². The van der Waals surface area contributed by atoms with E-state index in [9.17, 15) is 9.59 Å². The van der Waals surface area contributed by atoms with Crippen molar-refractivity contribution in [3.63, 3.8) is 0 Å². The molecule has 0 atom stereocenters. The van der Waals surface area contributed by atoms with E-state index in [0.717, 1.165) is 0 Å². The first-order valence-corrected chi connectivity index (χ1v) is 2.74. The maximum atomic E-state index is 9.32. The molecule has 0 saturated heterocycles. The van der Waals surface area contributed by atoms with Gasteiger partial charge in [-0.1, -0.05) is 12.2 Å². The Labute approximate surface area is 67.8 Å². The number of carboxylic acid groups (broad SMARTS) is 1. The summed E-state index contributed by atoms with van der Waals surface area (Å²) < 4.78 is 0.194. The lowest BCUT2D eigenvalue weighted by molar-refractivity contribution is -0.148. The van der Waals surface area contributed by atoms with Crippen molar-refractivity contribution in [2.24, 2.45) is 11.5 Å². The second-order valence-electron chi connectivity index (χ2n) is 1.01. The van der Waals surface area contributed by atoms with Crippen LogP contribution in [-0.4, -0.2) is 21.3 Å². The van der Waals surface area contributed by atoms with Gasteiger partial charge in [0.25, 0.3) is 0 Å². The molecule has 58 valence electrons. The number of hydrogen-bond donors (Lipinski definition) is 4. The first-order valence-electron chi connectivity index (χ1n) is 1.89. The van der Waals surface area contributed by atoms with Crippen LogP contribution in [0.4, 0.5) is 0 Å². The summed E-state index contributed by atoms with van der Waals surface area (Å²) in [5.74, 6) is -2.93. The Morgan fingerprint density at radius 2 is 1.50 bits per heavy atom. The lowest BCUT2D eigenvalue weighted by Crippen LogP contribution is -2.21. The van der Waals surface area contributed by atoms with Crippen LogP contribution in [0, 0.1) is 0 Å². The molecular formula is C3H6N2O3S2. The van der Waals surface area contributed by atoms with E-state index < -0.39 is 11.9 Å². The Morgan fingerprint density at radius 3 is 1.50 bits per heavy atom. The molecule has 0 saturated carbocycles. The van der Waals surface area contributed by atoms with Gasteiger partial charge in [-0.05, 0) is 0 Å². The van der Waals surface area contributed by atoms with E-state index in [0.29, 0.717) is 0 Å². The Hall–Kier alpha value is -0.820. The van der Waals surface area contributed by atoms with Crippen molar-refractivity contribution < 1.29 is 14.7 Å². The maximum absolute atomic E-state index is 9.32. The van der Waals surface area contributed by atoms with E-state index in [1.54, 1.807) is 0 Å². The van der Waals surface area contributed by atoms with Crippen LogP contribution in [0.2, 0.25) is 0 Å². The number of aliphatic carboxylic acids is 1. The number of nitrogens with two attached hydrogens (primary N) is 2. The first-order chi connectivity index (χ1) is 4.37. The molecule has 0 aliphatic rings. The summed E-state index contributed by atoms with van der Waals surface area (Å²) in [6.07, 6.45) is 0. The Morgan fingerprint density at radius 1 is 1.40 bits per heavy atom. The molecule has 0 aliphatic carbocycles. The molecule has 0 heterocycles. The molecule has 0 aliphatic heterocycles. The minimum absolute atomic E-state index is 0.194. The van der Waals surface area contributed by atoms with Crippen molar-refractivity contribution in [2.75, 3.05) is 0 Å². The van der Waals surface area contributed by atoms with E-state index in [-0.39, 0.29) is 4.32 Å². The van der Waals surface area contributed by atoms with Crippen LogP contribution in [0.25, 0.3) is 0 Å². The van der Waals surface area contributed by atoms with Crippen LogP contribution in [-0.2, 0) is 9.59 Å². The van der Waals surface area contributed by atoms with Crippen molar-refractivity contribution in [1.82, 2.24) is 0 Å². The molecule has 0 spiro atoms. The van der Waals surface area contributed by atoms with Gasteiger partial charge in [-0.2, -0.15) is 0 Å². The van der Waals surface area contributed by atoms with Gasteiger partial charge in [-0.25, -0.2) is 4.79 Å². The lowest BCUT2D eigenvalue weighted by atomic mass is 10.7. The van der Waals surface area contributed by atoms with Gasteiger partial charge < -0.3 is 16.6 Å². The number of rotatable bonds is 0. The first kappa shape index (κ1) is 11.9. The van der Waals surface area contributed by atoms with Crippen molar-refractivity contribution in [3.8, 4) is 0 Å². The van der Waals surface area contributed by atoms with E-state index in [1.165, 1.54) is 0 Å². The molecule has 0 aromatic heterocycles. The third-order valence-electron chi connectivity index (χ3n) is 0.211. The quantitative estimate of drug-likeness (QED) is 0.212. The van der Waals surface area contributed by atoms with E-state index in [2.05, 4.69) is 30.6 Å². The number of amides is 1. The number of hydrogen-bond acceptors (Lipinski definition) is 3. The van der Waals surface area contributed by atoms with E-state index >= 15 is 0 Å². The van der Waals surface area contributed by atoms with Gasteiger partial charge in [0.15, 0.2) is 0 Å². The predicted octanol–water partition coefficient (Wildman–Crippen LogP) is -1.28. The summed E-state index contributed by atoms with van der Waals surface area (Å²) in [6.45, 7) is 0. The standard InChI is InChI=1S/C2H3NO3.CH3NS2/c3-1(4)2(5)6;2-1(3)4/h(H2,3,4)(H,5,6);(H3,2,3,4). The van der Waals surface area contributed by atoms with Crippen LogP contribution in [0.1, 0.15) is 0 Å². The molecule has 1 amide bonds. The van der Waals surface area contributed by atoms with Crippen molar-refractivity contribution in [1.29, 1.82) is 0 Å². The number of carbonyl (C=O) groups is 2. The number of primary amides is 1. The van der Waals surface area contributed by atoms with Crippen LogP contribution in [0.3, 0.4) is 0 Å². The molecule has 0 rings (SSSR count). The molecule has 0 unspecified atom stereocenters. The van der Waals surface area contributed by atoms with Gasteiger partial charge in [0.1, 0.15) is 4.32 Å². The highest BCUT2D eigenvalue weighted by Gasteiger charge is 2.00. The monoisotopic (exact) mass is 182 g/mol. The highest BCUT2D eigenvalue weighted by Crippen LogP contribution is 1.63. The summed E-state index contributed by atoms with van der Waals surface area (Å²) >= 11 is 7.65. The Bertz CT molecular complexity index is 142. The fraction of sp³-hybridized carbons (Fsp3) is 0. The van der Waals surface area contributed by atoms with Gasteiger partial charge in [0.05, 0.1) is 0 Å². The SMILES string of the molecule is NC(=O)C(=O)O.NC(=S)S. The molecule has 0 bridgehead atoms. The smallest absolute Gasteiger partial charge is 0.394 e. The van der Waals surface area contributed by atoms with Crippen LogP contribution in [0.15, 0.2) is 0 Å². The summed E-state index contributed by atoms with van der Waals surface area (Å²) in [7, 11) is 0. The lowest BCUT2D eigenvalue weighted by Gasteiger charge is -1.74. The summed E-state index contributed by atoms with van der Waals surface area (Å²) in [6, 6.07) is 0. The van der Waals surface area contributed by atoms with Crippen LogP contribution < -0.4 is 11.5 Å². The fourth-order valence-electron chi connectivity index (χ4n) is 0. The summed E-state index contributed by atoms with van der Waals surface area (Å²) in [5.41, 5.74) is 8.90. The number of thiocarbonyl (C=S) groups is 1. The number of carbonyl (C=O) groups excluding carboxylic acids is 1. The third kappa shape index (κ3) is 27.1. The normalized spacial score (nSPS) is 6.90. The molecule has 0 fully saturated rings. The van der Waals surface area contributed by atoms with E-state index in [1.807, 2.05) is 0 Å². The Balaban J connectivity index is 0. The highest BCUT2D eigenvalue weighted by molar-refractivity contribution is 8.10. The molecule has 10 heavy (non-hydrogen) atoms. The topological polar surface area (TPSA) is 106 Å². The molecule has 5 N–H and O–H groups in total. The maximum Gasteiger partial charge on any atom is 0.394 e. The minimum atomic E-state index is -1.60. The van der Waals surface area contributed by atoms with Crippen molar-refractivity contribution in [2.45, 2.75) is 0 Å². The molecular weight excluding hydrogens is 176 g/mol. The predicted molar refractivity (Wildman–Crippen MR) is 42.6 cm³/mol. The second kappa shape index (κ2) is 6.30. The summed E-state index contributed by atoms with van der Waals surface area (Å²) in [4.78, 5) is 18.5. The molecule has 0 aromatic rings. The van der Waals surface area contributed by atoms with Gasteiger partial charge >= 0.3 is 11.9 Å². The van der Waals surface area contributed by atoms with Gasteiger partial charge in [0, 0.05) is 0 Å². The largest absolute Gasteiger partial charge is 0.474 e. The fourth-order valence-corrected chi connectivity index (χ4v) is 0.